The molecule has 1 aliphatic heterocycles. The Balaban J connectivity index is 1.69. The van der Waals surface area contributed by atoms with Crippen LogP contribution in [0.2, 0.25) is 0 Å². The first-order valence-corrected chi connectivity index (χ1v) is 9.06. The maximum Gasteiger partial charge on any atom is 0.265 e. The largest absolute Gasteiger partial charge is 0.481 e. The lowest BCUT2D eigenvalue weighted by Gasteiger charge is -2.27. The molecule has 0 spiro atoms. The molecule has 0 aromatic heterocycles. The Kier molecular flexibility index (Phi) is 5.89. The fourth-order valence-corrected chi connectivity index (χ4v) is 3.04. The first-order valence-electron chi connectivity index (χ1n) is 9.06. The third-order valence-corrected chi connectivity index (χ3v) is 4.48. The Bertz CT molecular complexity index is 755. The predicted octanol–water partition coefficient (Wildman–Crippen LogP) is 3.72. The Morgan fingerprint density at radius 2 is 1.62 bits per heavy atom. The number of rotatable bonds is 5. The van der Waals surface area contributed by atoms with Crippen molar-refractivity contribution in [2.24, 2.45) is 0 Å². The Morgan fingerprint density at radius 3 is 2.35 bits per heavy atom. The van der Waals surface area contributed by atoms with Crippen LogP contribution in [-0.4, -0.2) is 35.9 Å². The van der Waals surface area contributed by atoms with Crippen LogP contribution in [0.1, 0.15) is 36.5 Å². The summed E-state index contributed by atoms with van der Waals surface area (Å²) in [5.74, 6) is 0.317. The molecule has 1 N–H and O–H groups in total. The molecule has 0 unspecified atom stereocenters. The van der Waals surface area contributed by atoms with Gasteiger partial charge in [0, 0.05) is 13.1 Å². The summed E-state index contributed by atoms with van der Waals surface area (Å²) in [6.45, 7) is 3.24. The molecule has 0 radical (unpaired) electrons. The molecule has 2 amide bonds. The van der Waals surface area contributed by atoms with E-state index in [-0.39, 0.29) is 11.8 Å². The molecule has 1 aliphatic rings. The van der Waals surface area contributed by atoms with Crippen LogP contribution in [-0.2, 0) is 4.79 Å². The van der Waals surface area contributed by atoms with Gasteiger partial charge in [-0.2, -0.15) is 0 Å². The van der Waals surface area contributed by atoms with Crippen LogP contribution in [0.5, 0.6) is 5.75 Å². The monoisotopic (exact) mass is 352 g/mol. The van der Waals surface area contributed by atoms with Crippen LogP contribution in [0.3, 0.4) is 0 Å². The summed E-state index contributed by atoms with van der Waals surface area (Å²) in [5.41, 5.74) is 1.05. The zero-order valence-electron chi connectivity index (χ0n) is 15.0. The molecule has 0 saturated carbocycles. The molecule has 0 aliphatic carbocycles. The lowest BCUT2D eigenvalue weighted by molar-refractivity contribution is -0.122. The zero-order chi connectivity index (χ0) is 18.4. The maximum absolute atomic E-state index is 12.8. The van der Waals surface area contributed by atoms with Crippen molar-refractivity contribution in [3.05, 3.63) is 60.2 Å². The molecule has 3 rings (SSSR count). The molecule has 0 bridgehead atoms. The minimum atomic E-state index is -0.671. The van der Waals surface area contributed by atoms with Gasteiger partial charge in [-0.1, -0.05) is 30.3 Å². The number of benzene rings is 2. The average molecular weight is 352 g/mol. The molecule has 26 heavy (non-hydrogen) atoms. The van der Waals surface area contributed by atoms with Crippen LogP contribution in [0.25, 0.3) is 0 Å². The van der Waals surface area contributed by atoms with E-state index in [2.05, 4.69) is 5.32 Å². The standard InChI is InChI=1S/C21H24N2O3/c1-16(26-17-10-4-2-5-11-17)20(24)22-19-13-7-6-12-18(19)21(25)23-14-8-3-9-15-23/h2,4-7,10-13,16H,3,8-9,14-15H2,1H3,(H,22,24)/t16-/m0/s1. The van der Waals surface area contributed by atoms with Crippen molar-refractivity contribution in [2.75, 3.05) is 18.4 Å². The highest BCUT2D eigenvalue weighted by Gasteiger charge is 2.22. The summed E-state index contributed by atoms with van der Waals surface area (Å²) < 4.78 is 5.66. The van der Waals surface area contributed by atoms with Crippen LogP contribution in [0, 0.1) is 0 Å². The van der Waals surface area contributed by atoms with Crippen LogP contribution in [0.15, 0.2) is 54.6 Å². The Labute approximate surface area is 154 Å². The Morgan fingerprint density at radius 1 is 0.962 bits per heavy atom. The number of nitrogens with one attached hydrogen (secondary N) is 1. The highest BCUT2D eigenvalue weighted by Crippen LogP contribution is 2.21. The van der Waals surface area contributed by atoms with E-state index in [9.17, 15) is 9.59 Å². The fourth-order valence-electron chi connectivity index (χ4n) is 3.04. The average Bonchev–Trinajstić information content (AvgIpc) is 2.69. The lowest BCUT2D eigenvalue weighted by Crippen LogP contribution is -2.36. The number of hydrogen-bond donors (Lipinski definition) is 1. The molecule has 5 heteroatoms. The van der Waals surface area contributed by atoms with Crippen LogP contribution >= 0.6 is 0 Å². The second-order valence-corrected chi connectivity index (χ2v) is 6.46. The number of anilines is 1. The van der Waals surface area contributed by atoms with E-state index in [4.69, 9.17) is 4.74 Å². The fraction of sp³-hybridized carbons (Fsp3) is 0.333. The van der Waals surface area contributed by atoms with Crippen LogP contribution in [0.4, 0.5) is 5.69 Å². The zero-order valence-corrected chi connectivity index (χ0v) is 15.0. The Hall–Kier alpha value is -2.82. The van der Waals surface area contributed by atoms with Crippen molar-refractivity contribution < 1.29 is 14.3 Å². The summed E-state index contributed by atoms with van der Waals surface area (Å²) in [7, 11) is 0. The number of amides is 2. The SMILES string of the molecule is C[C@H](Oc1ccccc1)C(=O)Nc1ccccc1C(=O)N1CCCCC1. The topological polar surface area (TPSA) is 58.6 Å². The van der Waals surface area contributed by atoms with Crippen molar-refractivity contribution in [1.82, 2.24) is 4.90 Å². The van der Waals surface area contributed by atoms with Gasteiger partial charge < -0.3 is 15.0 Å². The van der Waals surface area contributed by atoms with E-state index in [1.807, 2.05) is 35.2 Å². The number of nitrogens with zero attached hydrogens (tertiary/aromatic N) is 1. The first-order chi connectivity index (χ1) is 12.6. The van der Waals surface area contributed by atoms with Crippen molar-refractivity contribution in [3.63, 3.8) is 0 Å². The number of likely N-dealkylation sites (tertiary alicyclic amines) is 1. The first kappa shape index (κ1) is 18.0. The lowest BCUT2D eigenvalue weighted by atomic mass is 10.1. The van der Waals surface area contributed by atoms with Gasteiger partial charge >= 0.3 is 0 Å². The normalized spacial score (nSPS) is 15.2. The molecule has 1 heterocycles. The quantitative estimate of drug-likeness (QED) is 0.892. The molecule has 136 valence electrons. The van der Waals surface area contributed by atoms with Gasteiger partial charge in [0.2, 0.25) is 0 Å². The summed E-state index contributed by atoms with van der Waals surface area (Å²) in [6.07, 6.45) is 2.55. The van der Waals surface area contributed by atoms with Gasteiger partial charge in [0.05, 0.1) is 11.3 Å². The third-order valence-electron chi connectivity index (χ3n) is 4.48. The smallest absolute Gasteiger partial charge is 0.265 e. The van der Waals surface area contributed by atoms with Crippen molar-refractivity contribution >= 4 is 17.5 Å². The van der Waals surface area contributed by atoms with Crippen LogP contribution < -0.4 is 10.1 Å². The maximum atomic E-state index is 12.8. The number of para-hydroxylation sites is 2. The van der Waals surface area contributed by atoms with E-state index >= 15 is 0 Å². The van der Waals surface area contributed by atoms with Gasteiger partial charge in [0.15, 0.2) is 6.10 Å². The highest BCUT2D eigenvalue weighted by atomic mass is 16.5. The second kappa shape index (κ2) is 8.52. The molecule has 2 aromatic carbocycles. The second-order valence-electron chi connectivity index (χ2n) is 6.46. The number of carbonyl (C=O) groups excluding carboxylic acids is 2. The molecule has 1 saturated heterocycles. The van der Waals surface area contributed by atoms with Crippen molar-refractivity contribution in [1.29, 1.82) is 0 Å². The van der Waals surface area contributed by atoms with E-state index in [0.29, 0.717) is 17.0 Å². The van der Waals surface area contributed by atoms with Gasteiger partial charge in [0.25, 0.3) is 11.8 Å². The molecule has 2 aromatic rings. The van der Waals surface area contributed by atoms with E-state index < -0.39 is 6.10 Å². The summed E-state index contributed by atoms with van der Waals surface area (Å²) in [6, 6.07) is 16.3. The van der Waals surface area contributed by atoms with Gasteiger partial charge in [-0.3, -0.25) is 9.59 Å². The molecular formula is C21H24N2O3. The minimum Gasteiger partial charge on any atom is -0.481 e. The van der Waals surface area contributed by atoms with E-state index in [1.165, 1.54) is 0 Å². The predicted molar refractivity (Wildman–Crippen MR) is 101 cm³/mol. The highest BCUT2D eigenvalue weighted by molar-refractivity contribution is 6.04. The van der Waals surface area contributed by atoms with Gasteiger partial charge in [0.1, 0.15) is 5.75 Å². The van der Waals surface area contributed by atoms with Crippen molar-refractivity contribution in [2.45, 2.75) is 32.3 Å². The molecule has 5 nitrogen and oxygen atoms in total. The number of ether oxygens (including phenoxy) is 1. The molecular weight excluding hydrogens is 328 g/mol. The van der Waals surface area contributed by atoms with Gasteiger partial charge in [-0.25, -0.2) is 0 Å². The molecule has 1 atom stereocenters. The third kappa shape index (κ3) is 4.42. The number of carbonyl (C=O) groups is 2. The van der Waals surface area contributed by atoms with Gasteiger partial charge in [-0.05, 0) is 50.5 Å². The summed E-state index contributed by atoms with van der Waals surface area (Å²) in [5, 5.41) is 2.84. The number of piperidine rings is 1. The summed E-state index contributed by atoms with van der Waals surface area (Å²) in [4.78, 5) is 27.2. The van der Waals surface area contributed by atoms with E-state index in [0.717, 1.165) is 32.4 Å². The molecule has 1 fully saturated rings. The summed E-state index contributed by atoms with van der Waals surface area (Å²) >= 11 is 0. The van der Waals surface area contributed by atoms with Crippen molar-refractivity contribution in [3.8, 4) is 5.75 Å². The van der Waals surface area contributed by atoms with E-state index in [1.54, 1.807) is 31.2 Å². The minimum absolute atomic E-state index is 0.0303. The number of hydrogen-bond acceptors (Lipinski definition) is 3. The van der Waals surface area contributed by atoms with Gasteiger partial charge in [-0.15, -0.1) is 0 Å².